The molecule has 0 aliphatic carbocycles. The summed E-state index contributed by atoms with van der Waals surface area (Å²) < 4.78 is 0. The lowest BCUT2D eigenvalue weighted by Gasteiger charge is -2.29. The van der Waals surface area contributed by atoms with Crippen molar-refractivity contribution >= 4 is 11.4 Å². The van der Waals surface area contributed by atoms with Crippen LogP contribution >= 0.6 is 0 Å². The molecular formula is C23H25NO. The summed E-state index contributed by atoms with van der Waals surface area (Å²) in [4.78, 5) is 2.37. The van der Waals surface area contributed by atoms with Crippen molar-refractivity contribution in [1.29, 1.82) is 0 Å². The van der Waals surface area contributed by atoms with Crippen molar-refractivity contribution in [2.45, 2.75) is 33.9 Å². The molecule has 0 fully saturated rings. The first-order valence-corrected chi connectivity index (χ1v) is 8.67. The third-order valence-electron chi connectivity index (χ3n) is 4.52. The predicted octanol–water partition coefficient (Wildman–Crippen LogP) is 5.44. The fraction of sp³-hybridized carbons (Fsp3) is 0.217. The van der Waals surface area contributed by atoms with E-state index in [0.29, 0.717) is 0 Å². The molecule has 0 bridgehead atoms. The number of hydrogen-bond acceptors (Lipinski definition) is 2. The lowest BCUT2D eigenvalue weighted by Crippen LogP contribution is -2.18. The van der Waals surface area contributed by atoms with E-state index in [1.165, 1.54) is 33.6 Å². The van der Waals surface area contributed by atoms with Gasteiger partial charge in [-0.05, 0) is 55.2 Å². The summed E-state index contributed by atoms with van der Waals surface area (Å²) in [7, 11) is 0. The standard InChI is InChI=1S/C23H25NO/c1-17-13-18(2)23(19(3)14-17)24(22-7-5-4-6-8-22)15-20-9-11-21(16-25)12-10-20/h4-14,25H,15-16H2,1-3H3. The van der Waals surface area contributed by atoms with Crippen LogP contribution < -0.4 is 4.90 Å². The number of anilines is 2. The summed E-state index contributed by atoms with van der Waals surface area (Å²) >= 11 is 0. The van der Waals surface area contributed by atoms with Gasteiger partial charge in [-0.1, -0.05) is 60.2 Å². The molecule has 0 unspecified atom stereocenters. The van der Waals surface area contributed by atoms with Crippen LogP contribution in [0.1, 0.15) is 27.8 Å². The number of para-hydroxylation sites is 1. The van der Waals surface area contributed by atoms with Crippen molar-refractivity contribution in [2.75, 3.05) is 4.90 Å². The monoisotopic (exact) mass is 331 g/mol. The molecule has 3 aromatic carbocycles. The van der Waals surface area contributed by atoms with E-state index >= 15 is 0 Å². The molecule has 0 radical (unpaired) electrons. The SMILES string of the molecule is Cc1cc(C)c(N(Cc2ccc(CO)cc2)c2ccccc2)c(C)c1. The van der Waals surface area contributed by atoms with Gasteiger partial charge in [0, 0.05) is 17.9 Å². The van der Waals surface area contributed by atoms with E-state index in [2.05, 4.69) is 74.2 Å². The molecule has 0 amide bonds. The highest BCUT2D eigenvalue weighted by molar-refractivity contribution is 5.70. The van der Waals surface area contributed by atoms with Gasteiger partial charge in [0.05, 0.1) is 6.61 Å². The molecule has 0 heterocycles. The number of rotatable bonds is 5. The summed E-state index contributed by atoms with van der Waals surface area (Å²) in [6, 6.07) is 23.2. The van der Waals surface area contributed by atoms with Crippen LogP contribution in [-0.4, -0.2) is 5.11 Å². The molecule has 3 aromatic rings. The average Bonchev–Trinajstić information content (AvgIpc) is 2.61. The molecule has 0 saturated carbocycles. The Bertz CT molecular complexity index is 815. The Kier molecular flexibility index (Phi) is 5.20. The van der Waals surface area contributed by atoms with Gasteiger partial charge < -0.3 is 10.0 Å². The second-order valence-electron chi connectivity index (χ2n) is 6.64. The smallest absolute Gasteiger partial charge is 0.0681 e. The minimum atomic E-state index is 0.0822. The summed E-state index contributed by atoms with van der Waals surface area (Å²) in [5.41, 5.74) is 8.48. The second-order valence-corrected chi connectivity index (χ2v) is 6.64. The van der Waals surface area contributed by atoms with E-state index in [-0.39, 0.29) is 6.61 Å². The maximum Gasteiger partial charge on any atom is 0.0681 e. The minimum Gasteiger partial charge on any atom is -0.392 e. The van der Waals surface area contributed by atoms with Gasteiger partial charge in [-0.25, -0.2) is 0 Å². The lowest BCUT2D eigenvalue weighted by molar-refractivity contribution is 0.282. The van der Waals surface area contributed by atoms with E-state index in [1.54, 1.807) is 0 Å². The molecule has 0 aliphatic heterocycles. The molecule has 0 spiro atoms. The molecule has 0 atom stereocenters. The first-order valence-electron chi connectivity index (χ1n) is 8.67. The fourth-order valence-corrected chi connectivity index (χ4v) is 3.44. The first kappa shape index (κ1) is 17.2. The molecule has 1 N–H and O–H groups in total. The molecule has 3 rings (SSSR count). The van der Waals surface area contributed by atoms with E-state index < -0.39 is 0 Å². The van der Waals surface area contributed by atoms with Gasteiger partial charge >= 0.3 is 0 Å². The van der Waals surface area contributed by atoms with Crippen LogP contribution in [0.2, 0.25) is 0 Å². The van der Waals surface area contributed by atoms with E-state index in [4.69, 9.17) is 0 Å². The zero-order chi connectivity index (χ0) is 17.8. The molecule has 2 heteroatoms. The average molecular weight is 331 g/mol. The molecule has 25 heavy (non-hydrogen) atoms. The van der Waals surface area contributed by atoms with Gasteiger partial charge in [0.15, 0.2) is 0 Å². The fourth-order valence-electron chi connectivity index (χ4n) is 3.44. The van der Waals surface area contributed by atoms with Crippen LogP contribution in [-0.2, 0) is 13.2 Å². The Hall–Kier alpha value is -2.58. The van der Waals surface area contributed by atoms with Gasteiger partial charge in [-0.3, -0.25) is 0 Å². The van der Waals surface area contributed by atoms with Crippen LogP contribution in [0.25, 0.3) is 0 Å². The van der Waals surface area contributed by atoms with Gasteiger partial charge in [0.25, 0.3) is 0 Å². The highest BCUT2D eigenvalue weighted by Crippen LogP contribution is 2.33. The lowest BCUT2D eigenvalue weighted by atomic mass is 10.0. The normalized spacial score (nSPS) is 10.7. The highest BCUT2D eigenvalue weighted by Gasteiger charge is 2.15. The number of nitrogens with zero attached hydrogens (tertiary/aromatic N) is 1. The van der Waals surface area contributed by atoms with E-state index in [0.717, 1.165) is 12.1 Å². The molecule has 2 nitrogen and oxygen atoms in total. The minimum absolute atomic E-state index is 0.0822. The predicted molar refractivity (Wildman–Crippen MR) is 105 cm³/mol. The third-order valence-corrected chi connectivity index (χ3v) is 4.52. The van der Waals surface area contributed by atoms with Crippen molar-refractivity contribution in [1.82, 2.24) is 0 Å². The van der Waals surface area contributed by atoms with Gasteiger partial charge in [0.2, 0.25) is 0 Å². The zero-order valence-electron chi connectivity index (χ0n) is 15.2. The summed E-state index contributed by atoms with van der Waals surface area (Å²) in [6.45, 7) is 7.38. The van der Waals surface area contributed by atoms with E-state index in [9.17, 15) is 5.11 Å². The van der Waals surface area contributed by atoms with Gasteiger partial charge in [0.1, 0.15) is 0 Å². The van der Waals surface area contributed by atoms with Crippen molar-refractivity contribution in [3.63, 3.8) is 0 Å². The summed E-state index contributed by atoms with van der Waals surface area (Å²) in [5.74, 6) is 0. The Labute approximate surface area is 150 Å². The number of aryl methyl sites for hydroxylation is 3. The molecule has 0 aliphatic rings. The number of aliphatic hydroxyl groups excluding tert-OH is 1. The largest absolute Gasteiger partial charge is 0.392 e. The Morgan fingerprint density at radius 3 is 1.88 bits per heavy atom. The van der Waals surface area contributed by atoms with Crippen molar-refractivity contribution < 1.29 is 5.11 Å². The van der Waals surface area contributed by atoms with Crippen molar-refractivity contribution in [2.24, 2.45) is 0 Å². The van der Waals surface area contributed by atoms with Gasteiger partial charge in [-0.15, -0.1) is 0 Å². The Morgan fingerprint density at radius 1 is 0.760 bits per heavy atom. The topological polar surface area (TPSA) is 23.5 Å². The summed E-state index contributed by atoms with van der Waals surface area (Å²) in [6.07, 6.45) is 0. The first-order chi connectivity index (χ1) is 12.1. The van der Waals surface area contributed by atoms with Crippen LogP contribution in [0.4, 0.5) is 11.4 Å². The van der Waals surface area contributed by atoms with Gasteiger partial charge in [-0.2, -0.15) is 0 Å². The number of benzene rings is 3. The Balaban J connectivity index is 2.04. The van der Waals surface area contributed by atoms with Crippen LogP contribution in [0, 0.1) is 20.8 Å². The molecule has 0 saturated heterocycles. The van der Waals surface area contributed by atoms with Crippen molar-refractivity contribution in [3.05, 3.63) is 94.5 Å². The zero-order valence-corrected chi connectivity index (χ0v) is 15.2. The maximum atomic E-state index is 9.25. The number of hydrogen-bond donors (Lipinski definition) is 1. The molecular weight excluding hydrogens is 306 g/mol. The third kappa shape index (κ3) is 3.92. The highest BCUT2D eigenvalue weighted by atomic mass is 16.3. The van der Waals surface area contributed by atoms with E-state index in [1.807, 2.05) is 18.2 Å². The maximum absolute atomic E-state index is 9.25. The quantitative estimate of drug-likeness (QED) is 0.672. The Morgan fingerprint density at radius 2 is 1.32 bits per heavy atom. The summed E-state index contributed by atoms with van der Waals surface area (Å²) in [5, 5.41) is 9.25. The molecule has 0 aromatic heterocycles. The van der Waals surface area contributed by atoms with Crippen molar-refractivity contribution in [3.8, 4) is 0 Å². The molecule has 128 valence electrons. The number of aliphatic hydroxyl groups is 1. The second kappa shape index (κ2) is 7.54. The van der Waals surface area contributed by atoms with Crippen LogP contribution in [0.3, 0.4) is 0 Å². The van der Waals surface area contributed by atoms with Crippen LogP contribution in [0.5, 0.6) is 0 Å². The van der Waals surface area contributed by atoms with Crippen LogP contribution in [0.15, 0.2) is 66.7 Å².